The van der Waals surface area contributed by atoms with Crippen molar-refractivity contribution in [2.75, 3.05) is 13.1 Å². The average molecular weight is 329 g/mol. The summed E-state index contributed by atoms with van der Waals surface area (Å²) in [6, 6.07) is 0. The van der Waals surface area contributed by atoms with Crippen molar-refractivity contribution in [1.82, 2.24) is 10.0 Å². The van der Waals surface area contributed by atoms with E-state index >= 15 is 0 Å². The van der Waals surface area contributed by atoms with Gasteiger partial charge in [-0.2, -0.15) is 10.2 Å². The van der Waals surface area contributed by atoms with Crippen LogP contribution in [-0.2, 0) is 0 Å². The SMILES string of the molecule is CCN(N=C(C)C(C=N)C(C)=NN(CC)C(N)=S)C(N)=S. The molecule has 0 aliphatic heterocycles. The first-order valence-corrected chi connectivity index (χ1v) is 7.34. The molecule has 0 aromatic carbocycles. The molecule has 0 fully saturated rings. The Morgan fingerprint density at radius 3 is 1.57 bits per heavy atom. The predicted octanol–water partition coefficient (Wildman–Crippen LogP) is 1.13. The van der Waals surface area contributed by atoms with Crippen LogP contribution in [0.3, 0.4) is 0 Å². The highest BCUT2D eigenvalue weighted by molar-refractivity contribution is 7.80. The first-order chi connectivity index (χ1) is 9.78. The van der Waals surface area contributed by atoms with Gasteiger partial charge >= 0.3 is 0 Å². The van der Waals surface area contributed by atoms with Gasteiger partial charge in [0.25, 0.3) is 0 Å². The maximum absolute atomic E-state index is 7.59. The Bertz CT molecular complexity index is 421. The molecular formula is C12H23N7S2. The van der Waals surface area contributed by atoms with Crippen LogP contribution in [0.1, 0.15) is 27.7 Å². The van der Waals surface area contributed by atoms with Crippen molar-refractivity contribution in [2.24, 2.45) is 27.6 Å². The zero-order chi connectivity index (χ0) is 16.6. The van der Waals surface area contributed by atoms with E-state index in [0.29, 0.717) is 24.5 Å². The molecule has 9 heteroatoms. The van der Waals surface area contributed by atoms with Gasteiger partial charge in [-0.05, 0) is 52.1 Å². The number of thiocarbonyl (C=S) groups is 2. The van der Waals surface area contributed by atoms with E-state index in [1.807, 2.05) is 13.8 Å². The summed E-state index contributed by atoms with van der Waals surface area (Å²) in [5.41, 5.74) is 12.5. The molecule has 5 N–H and O–H groups in total. The highest BCUT2D eigenvalue weighted by atomic mass is 32.1. The summed E-state index contributed by atoms with van der Waals surface area (Å²) in [5, 5.41) is 19.6. The van der Waals surface area contributed by atoms with Crippen LogP contribution in [0.5, 0.6) is 0 Å². The van der Waals surface area contributed by atoms with E-state index in [0.717, 1.165) is 0 Å². The average Bonchev–Trinajstić information content (AvgIpc) is 2.41. The first-order valence-electron chi connectivity index (χ1n) is 6.53. The van der Waals surface area contributed by atoms with E-state index in [9.17, 15) is 0 Å². The lowest BCUT2D eigenvalue weighted by Crippen LogP contribution is -2.35. The largest absolute Gasteiger partial charge is 0.375 e. The Labute approximate surface area is 136 Å². The molecule has 0 heterocycles. The lowest BCUT2D eigenvalue weighted by Gasteiger charge is -2.20. The normalized spacial score (nSPS) is 13.5. The van der Waals surface area contributed by atoms with Crippen LogP contribution in [-0.4, -0.2) is 51.0 Å². The fraction of sp³-hybridized carbons (Fsp3) is 0.583. The highest BCUT2D eigenvalue weighted by Crippen LogP contribution is 2.05. The summed E-state index contributed by atoms with van der Waals surface area (Å²) in [6.07, 6.45) is 1.26. The summed E-state index contributed by atoms with van der Waals surface area (Å²) in [5.74, 6) is -0.364. The molecule has 0 aromatic heterocycles. The second-order valence-electron chi connectivity index (χ2n) is 4.24. The van der Waals surface area contributed by atoms with Gasteiger partial charge in [0, 0.05) is 30.7 Å². The summed E-state index contributed by atoms with van der Waals surface area (Å²) in [6.45, 7) is 8.49. The van der Waals surface area contributed by atoms with Gasteiger partial charge in [0.2, 0.25) is 0 Å². The Morgan fingerprint density at radius 2 is 1.38 bits per heavy atom. The lowest BCUT2D eigenvalue weighted by atomic mass is 10.0. The van der Waals surface area contributed by atoms with Crippen molar-refractivity contribution in [2.45, 2.75) is 27.7 Å². The van der Waals surface area contributed by atoms with Crippen LogP contribution in [0, 0.1) is 11.3 Å². The minimum Gasteiger partial charge on any atom is -0.375 e. The van der Waals surface area contributed by atoms with Gasteiger partial charge in [-0.25, -0.2) is 10.0 Å². The van der Waals surface area contributed by atoms with Crippen LogP contribution < -0.4 is 11.5 Å². The summed E-state index contributed by atoms with van der Waals surface area (Å²) in [7, 11) is 0. The molecule has 0 bridgehead atoms. The third-order valence-corrected chi connectivity index (χ3v) is 3.15. The van der Waals surface area contributed by atoms with E-state index < -0.39 is 0 Å². The minimum atomic E-state index is -0.364. The molecule has 0 atom stereocenters. The van der Waals surface area contributed by atoms with E-state index in [1.165, 1.54) is 16.2 Å². The maximum Gasteiger partial charge on any atom is 0.186 e. The molecule has 0 rings (SSSR count). The lowest BCUT2D eigenvalue weighted by molar-refractivity contribution is 0.468. The second kappa shape index (κ2) is 9.35. The second-order valence-corrected chi connectivity index (χ2v) is 5.07. The van der Waals surface area contributed by atoms with Crippen molar-refractivity contribution in [3.05, 3.63) is 0 Å². The molecule has 0 saturated heterocycles. The van der Waals surface area contributed by atoms with Gasteiger partial charge in [0.1, 0.15) is 0 Å². The standard InChI is InChI=1S/C12H23N7S2/c1-5-18(11(14)20)16-8(3)10(7-13)9(4)17-19(6-2)12(15)21/h7,10,13H,5-6H2,1-4H3,(H2,14,20)(H2,15,21). The number of nitrogens with one attached hydrogen (secondary N) is 1. The van der Waals surface area contributed by atoms with Crippen molar-refractivity contribution < 1.29 is 0 Å². The number of hydrogen-bond acceptors (Lipinski definition) is 5. The van der Waals surface area contributed by atoms with E-state index in [-0.39, 0.29) is 16.1 Å². The Balaban J connectivity index is 5.35. The molecule has 0 amide bonds. The van der Waals surface area contributed by atoms with Crippen LogP contribution in [0.4, 0.5) is 0 Å². The van der Waals surface area contributed by atoms with E-state index in [2.05, 4.69) is 10.2 Å². The van der Waals surface area contributed by atoms with Gasteiger partial charge in [0.05, 0.1) is 5.92 Å². The number of hydrogen-bond donors (Lipinski definition) is 3. The van der Waals surface area contributed by atoms with Gasteiger partial charge in [-0.15, -0.1) is 0 Å². The fourth-order valence-electron chi connectivity index (χ4n) is 1.60. The topological polar surface area (TPSA) is 107 Å². The van der Waals surface area contributed by atoms with E-state index in [4.69, 9.17) is 41.3 Å². The molecular weight excluding hydrogens is 306 g/mol. The monoisotopic (exact) mass is 329 g/mol. The molecule has 0 saturated carbocycles. The Kier molecular flexibility index (Phi) is 8.63. The van der Waals surface area contributed by atoms with Crippen LogP contribution >= 0.6 is 24.4 Å². The predicted molar refractivity (Wildman–Crippen MR) is 96.8 cm³/mol. The van der Waals surface area contributed by atoms with E-state index in [1.54, 1.807) is 13.8 Å². The van der Waals surface area contributed by atoms with Crippen molar-refractivity contribution in [3.8, 4) is 0 Å². The minimum absolute atomic E-state index is 0.188. The molecule has 0 radical (unpaired) electrons. The number of hydrazone groups is 2. The molecule has 7 nitrogen and oxygen atoms in total. The van der Waals surface area contributed by atoms with Crippen molar-refractivity contribution in [1.29, 1.82) is 5.41 Å². The molecule has 21 heavy (non-hydrogen) atoms. The fourth-order valence-corrected chi connectivity index (χ4v) is 1.94. The molecule has 0 unspecified atom stereocenters. The smallest absolute Gasteiger partial charge is 0.186 e. The molecule has 118 valence electrons. The van der Waals surface area contributed by atoms with Crippen molar-refractivity contribution >= 4 is 52.3 Å². The zero-order valence-corrected chi connectivity index (χ0v) is 14.5. The molecule has 0 aromatic rings. The van der Waals surface area contributed by atoms with Crippen LogP contribution in [0.2, 0.25) is 0 Å². The summed E-state index contributed by atoms with van der Waals surface area (Å²) in [4.78, 5) is 0. The van der Waals surface area contributed by atoms with Gasteiger partial charge in [-0.1, -0.05) is 0 Å². The van der Waals surface area contributed by atoms with Gasteiger partial charge in [-0.3, -0.25) is 0 Å². The Hall–Kier alpha value is -1.61. The van der Waals surface area contributed by atoms with Crippen LogP contribution in [0.15, 0.2) is 10.2 Å². The number of rotatable bonds is 7. The maximum atomic E-state index is 7.59. The van der Waals surface area contributed by atoms with Gasteiger partial charge in [0.15, 0.2) is 10.2 Å². The third kappa shape index (κ3) is 6.13. The van der Waals surface area contributed by atoms with Crippen LogP contribution in [0.25, 0.3) is 0 Å². The molecule has 0 aliphatic carbocycles. The van der Waals surface area contributed by atoms with Gasteiger partial charge < -0.3 is 16.9 Å². The quantitative estimate of drug-likeness (QED) is 0.367. The zero-order valence-electron chi connectivity index (χ0n) is 12.8. The Morgan fingerprint density at radius 1 is 1.05 bits per heavy atom. The molecule has 0 spiro atoms. The van der Waals surface area contributed by atoms with Crippen molar-refractivity contribution in [3.63, 3.8) is 0 Å². The number of nitrogens with two attached hydrogens (primary N) is 2. The summed E-state index contributed by atoms with van der Waals surface area (Å²) >= 11 is 9.83. The third-order valence-electron chi connectivity index (χ3n) is 2.73. The summed E-state index contributed by atoms with van der Waals surface area (Å²) < 4.78 is 0. The highest BCUT2D eigenvalue weighted by Gasteiger charge is 2.16. The molecule has 0 aliphatic rings. The first kappa shape index (κ1) is 19.4. The number of nitrogens with zero attached hydrogens (tertiary/aromatic N) is 4.